The smallest absolute Gasteiger partial charge is 0.239 e. The fraction of sp³-hybridized carbons (Fsp3) is 0.917. The van der Waals surface area contributed by atoms with Crippen LogP contribution >= 0.6 is 0 Å². The van der Waals surface area contributed by atoms with Crippen LogP contribution in [0.25, 0.3) is 0 Å². The number of likely N-dealkylation sites (tertiary alicyclic amines) is 1. The fourth-order valence-electron chi connectivity index (χ4n) is 2.15. The Labute approximate surface area is 98.1 Å². The van der Waals surface area contributed by atoms with E-state index in [-0.39, 0.29) is 11.9 Å². The first kappa shape index (κ1) is 13.5. The van der Waals surface area contributed by atoms with Crippen molar-refractivity contribution in [2.24, 2.45) is 5.73 Å². The van der Waals surface area contributed by atoms with Gasteiger partial charge >= 0.3 is 0 Å². The molecule has 16 heavy (non-hydrogen) atoms. The summed E-state index contributed by atoms with van der Waals surface area (Å²) >= 11 is 0. The molecule has 4 heteroatoms. The third-order valence-corrected chi connectivity index (χ3v) is 3.07. The van der Waals surface area contributed by atoms with E-state index in [2.05, 4.69) is 6.92 Å². The van der Waals surface area contributed by atoms with Crippen molar-refractivity contribution in [1.82, 2.24) is 4.90 Å². The molecular formula is C12H24N2O2. The highest BCUT2D eigenvalue weighted by Crippen LogP contribution is 2.14. The van der Waals surface area contributed by atoms with Gasteiger partial charge < -0.3 is 15.4 Å². The van der Waals surface area contributed by atoms with Gasteiger partial charge in [-0.05, 0) is 26.2 Å². The molecule has 1 saturated heterocycles. The van der Waals surface area contributed by atoms with E-state index in [0.29, 0.717) is 6.10 Å². The molecule has 0 aromatic carbocycles. The van der Waals surface area contributed by atoms with Gasteiger partial charge in [0.15, 0.2) is 0 Å². The van der Waals surface area contributed by atoms with Crippen molar-refractivity contribution in [2.75, 3.05) is 19.7 Å². The molecule has 1 fully saturated rings. The van der Waals surface area contributed by atoms with Crippen molar-refractivity contribution in [3.05, 3.63) is 0 Å². The minimum absolute atomic E-state index is 0.108. The summed E-state index contributed by atoms with van der Waals surface area (Å²) in [6.45, 7) is 6.40. The largest absolute Gasteiger partial charge is 0.378 e. The maximum atomic E-state index is 11.9. The SMILES string of the molecule is CCC[C@H](N)C(=O)N1CCC(OCC)CC1. The Bertz CT molecular complexity index is 213. The monoisotopic (exact) mass is 228 g/mol. The lowest BCUT2D eigenvalue weighted by atomic mass is 10.1. The highest BCUT2D eigenvalue weighted by Gasteiger charge is 2.25. The van der Waals surface area contributed by atoms with Gasteiger partial charge in [-0.3, -0.25) is 4.79 Å². The molecule has 1 amide bonds. The van der Waals surface area contributed by atoms with Gasteiger partial charge in [-0.15, -0.1) is 0 Å². The maximum absolute atomic E-state index is 11.9. The van der Waals surface area contributed by atoms with Crippen LogP contribution in [0.3, 0.4) is 0 Å². The molecule has 1 atom stereocenters. The van der Waals surface area contributed by atoms with Crippen LogP contribution in [-0.4, -0.2) is 42.6 Å². The van der Waals surface area contributed by atoms with Crippen LogP contribution in [0.1, 0.15) is 39.5 Å². The molecule has 0 unspecified atom stereocenters. The van der Waals surface area contributed by atoms with Gasteiger partial charge in [0.05, 0.1) is 12.1 Å². The molecule has 0 aliphatic carbocycles. The summed E-state index contributed by atoms with van der Waals surface area (Å²) in [5.74, 6) is 0.108. The number of nitrogens with two attached hydrogens (primary N) is 1. The van der Waals surface area contributed by atoms with Crippen LogP contribution in [0.5, 0.6) is 0 Å². The van der Waals surface area contributed by atoms with E-state index in [1.54, 1.807) is 0 Å². The molecule has 1 rings (SSSR count). The predicted molar refractivity (Wildman–Crippen MR) is 64.1 cm³/mol. The standard InChI is InChI=1S/C12H24N2O2/c1-3-5-11(13)12(15)14-8-6-10(7-9-14)16-4-2/h10-11H,3-9,13H2,1-2H3/t11-/m0/s1. The molecule has 2 N–H and O–H groups in total. The average Bonchev–Trinajstić information content (AvgIpc) is 2.30. The first-order valence-electron chi connectivity index (χ1n) is 6.35. The van der Waals surface area contributed by atoms with Gasteiger partial charge in [0, 0.05) is 19.7 Å². The lowest BCUT2D eigenvalue weighted by Gasteiger charge is -2.33. The number of ether oxygens (including phenoxy) is 1. The van der Waals surface area contributed by atoms with Gasteiger partial charge in [0.1, 0.15) is 0 Å². The molecule has 4 nitrogen and oxygen atoms in total. The lowest BCUT2D eigenvalue weighted by molar-refractivity contribution is -0.135. The molecule has 1 aliphatic rings. The number of rotatable bonds is 5. The number of carbonyl (C=O) groups is 1. The molecule has 0 bridgehead atoms. The quantitative estimate of drug-likeness (QED) is 0.767. The number of carbonyl (C=O) groups excluding carboxylic acids is 1. The Kier molecular flexibility index (Phi) is 5.77. The number of nitrogens with zero attached hydrogens (tertiary/aromatic N) is 1. The summed E-state index contributed by atoms with van der Waals surface area (Å²) in [7, 11) is 0. The Morgan fingerprint density at radius 3 is 2.56 bits per heavy atom. The molecule has 94 valence electrons. The second-order valence-corrected chi connectivity index (χ2v) is 4.38. The normalized spacial score (nSPS) is 19.8. The first-order valence-corrected chi connectivity index (χ1v) is 6.35. The van der Waals surface area contributed by atoms with Crippen molar-refractivity contribution < 1.29 is 9.53 Å². The van der Waals surface area contributed by atoms with E-state index < -0.39 is 0 Å². The summed E-state index contributed by atoms with van der Waals surface area (Å²) < 4.78 is 5.55. The van der Waals surface area contributed by atoms with Gasteiger partial charge in [-0.25, -0.2) is 0 Å². The van der Waals surface area contributed by atoms with E-state index in [1.165, 1.54) is 0 Å². The summed E-state index contributed by atoms with van der Waals surface area (Å²) in [6, 6.07) is -0.311. The molecule has 0 saturated carbocycles. The van der Waals surface area contributed by atoms with Crippen molar-refractivity contribution in [3.63, 3.8) is 0 Å². The van der Waals surface area contributed by atoms with Gasteiger partial charge in [-0.2, -0.15) is 0 Å². The van der Waals surface area contributed by atoms with Gasteiger partial charge in [0.2, 0.25) is 5.91 Å². The molecular weight excluding hydrogens is 204 g/mol. The van der Waals surface area contributed by atoms with Crippen LogP contribution in [-0.2, 0) is 9.53 Å². The first-order chi connectivity index (χ1) is 7.69. The third-order valence-electron chi connectivity index (χ3n) is 3.07. The van der Waals surface area contributed by atoms with Crippen LogP contribution in [0, 0.1) is 0 Å². The van der Waals surface area contributed by atoms with E-state index >= 15 is 0 Å². The molecule has 1 heterocycles. The van der Waals surface area contributed by atoms with Crippen molar-refractivity contribution >= 4 is 5.91 Å². The number of amides is 1. The zero-order valence-electron chi connectivity index (χ0n) is 10.4. The predicted octanol–water partition coefficient (Wildman–Crippen LogP) is 1.14. The van der Waals surface area contributed by atoms with Crippen LogP contribution in [0.2, 0.25) is 0 Å². The molecule has 0 aromatic heterocycles. The van der Waals surface area contributed by atoms with Crippen LogP contribution in [0.15, 0.2) is 0 Å². The minimum atomic E-state index is -0.311. The average molecular weight is 228 g/mol. The topological polar surface area (TPSA) is 55.6 Å². The molecule has 0 spiro atoms. The number of piperidine rings is 1. The van der Waals surface area contributed by atoms with E-state index in [1.807, 2.05) is 11.8 Å². The molecule has 0 aromatic rings. The van der Waals surface area contributed by atoms with Crippen LogP contribution < -0.4 is 5.73 Å². The molecule has 1 aliphatic heterocycles. The van der Waals surface area contributed by atoms with Gasteiger partial charge in [-0.1, -0.05) is 13.3 Å². The Balaban J connectivity index is 2.32. The Hall–Kier alpha value is -0.610. The summed E-state index contributed by atoms with van der Waals surface area (Å²) in [4.78, 5) is 13.8. The summed E-state index contributed by atoms with van der Waals surface area (Å²) in [5, 5.41) is 0. The highest BCUT2D eigenvalue weighted by atomic mass is 16.5. The highest BCUT2D eigenvalue weighted by molar-refractivity contribution is 5.81. The maximum Gasteiger partial charge on any atom is 0.239 e. The van der Waals surface area contributed by atoms with Crippen molar-refractivity contribution in [3.8, 4) is 0 Å². The second kappa shape index (κ2) is 6.86. The lowest BCUT2D eigenvalue weighted by Crippen LogP contribution is -2.48. The van der Waals surface area contributed by atoms with E-state index in [4.69, 9.17) is 10.5 Å². The Morgan fingerprint density at radius 1 is 1.44 bits per heavy atom. The van der Waals surface area contributed by atoms with Crippen LogP contribution in [0.4, 0.5) is 0 Å². The number of hydrogen-bond acceptors (Lipinski definition) is 3. The van der Waals surface area contributed by atoms with Crippen molar-refractivity contribution in [2.45, 2.75) is 51.7 Å². The fourth-order valence-corrected chi connectivity index (χ4v) is 2.15. The van der Waals surface area contributed by atoms with E-state index in [9.17, 15) is 4.79 Å². The summed E-state index contributed by atoms with van der Waals surface area (Å²) in [5.41, 5.74) is 5.83. The number of hydrogen-bond donors (Lipinski definition) is 1. The van der Waals surface area contributed by atoms with Gasteiger partial charge in [0.25, 0.3) is 0 Å². The second-order valence-electron chi connectivity index (χ2n) is 4.38. The van der Waals surface area contributed by atoms with E-state index in [0.717, 1.165) is 45.4 Å². The zero-order valence-corrected chi connectivity index (χ0v) is 10.4. The third kappa shape index (κ3) is 3.76. The minimum Gasteiger partial charge on any atom is -0.378 e. The molecule has 0 radical (unpaired) electrons. The Morgan fingerprint density at radius 2 is 2.06 bits per heavy atom. The van der Waals surface area contributed by atoms with Crippen molar-refractivity contribution in [1.29, 1.82) is 0 Å². The zero-order chi connectivity index (χ0) is 12.0. The summed E-state index contributed by atoms with van der Waals surface area (Å²) in [6.07, 6.45) is 3.96.